The van der Waals surface area contributed by atoms with E-state index in [1.807, 2.05) is 12.1 Å². The van der Waals surface area contributed by atoms with Gasteiger partial charge >= 0.3 is 0 Å². The number of unbranched alkanes of at least 4 members (excludes halogenated alkanes) is 3. The van der Waals surface area contributed by atoms with Crippen LogP contribution in [0.2, 0.25) is 5.02 Å². The number of benzene rings is 2. The van der Waals surface area contributed by atoms with Crippen LogP contribution >= 0.6 is 11.6 Å². The Morgan fingerprint density at radius 1 is 0.821 bits per heavy atom. The van der Waals surface area contributed by atoms with E-state index >= 15 is 0 Å². The Morgan fingerprint density at radius 2 is 1.46 bits per heavy atom. The highest BCUT2D eigenvalue weighted by molar-refractivity contribution is 6.31. The third-order valence-corrected chi connectivity index (χ3v) is 7.61. The molecule has 0 amide bonds. The molecule has 0 bridgehead atoms. The molecule has 3 rings (SSSR count). The number of hydrogen-bond donors (Lipinski definition) is 0. The van der Waals surface area contributed by atoms with E-state index in [4.69, 9.17) is 30.5 Å². The minimum atomic E-state index is -0.703. The molecule has 39 heavy (non-hydrogen) atoms. The molecule has 0 N–H and O–H groups in total. The average molecular weight is 559 g/mol. The molecule has 216 valence electrons. The fourth-order valence-electron chi connectivity index (χ4n) is 4.74. The van der Waals surface area contributed by atoms with Gasteiger partial charge < -0.3 is 18.9 Å². The Bertz CT molecular complexity index is 992. The molecule has 2 aromatic rings. The van der Waals surface area contributed by atoms with Crippen LogP contribution < -0.4 is 0 Å². The molecule has 0 aliphatic carbocycles. The first kappa shape index (κ1) is 31.8. The molecule has 1 aliphatic rings. The summed E-state index contributed by atoms with van der Waals surface area (Å²) in [6.45, 7) is 10.4. The van der Waals surface area contributed by atoms with Crippen LogP contribution in [0.5, 0.6) is 0 Å². The normalized spacial score (nSPS) is 21.4. The molecule has 0 radical (unpaired) electrons. The highest BCUT2D eigenvalue weighted by atomic mass is 35.5. The summed E-state index contributed by atoms with van der Waals surface area (Å²) in [5, 5.41) is 0.712. The second-order valence-electron chi connectivity index (χ2n) is 10.4. The first-order valence-corrected chi connectivity index (χ1v) is 15.3. The summed E-state index contributed by atoms with van der Waals surface area (Å²) in [5.41, 5.74) is 4.47. The third kappa shape index (κ3) is 9.40. The molecule has 2 aromatic carbocycles. The zero-order valence-electron chi connectivity index (χ0n) is 24.3. The van der Waals surface area contributed by atoms with E-state index in [0.29, 0.717) is 31.3 Å². The van der Waals surface area contributed by atoms with Crippen LogP contribution in [0.1, 0.15) is 94.6 Å². The molecule has 4 atom stereocenters. The molecule has 5 nitrogen and oxygen atoms in total. The van der Waals surface area contributed by atoms with E-state index in [-0.39, 0.29) is 12.4 Å². The number of carbonyl (C=O) groups excluding carboxylic acids is 1. The molecule has 0 saturated carbocycles. The van der Waals surface area contributed by atoms with E-state index in [1.165, 1.54) is 11.1 Å². The Balaban J connectivity index is 1.91. The number of ether oxygens (including phenoxy) is 4. The predicted molar refractivity (Wildman–Crippen MR) is 158 cm³/mol. The summed E-state index contributed by atoms with van der Waals surface area (Å²) in [6.07, 6.45) is 5.08. The highest BCUT2D eigenvalue weighted by Crippen LogP contribution is 2.36. The van der Waals surface area contributed by atoms with Crippen molar-refractivity contribution in [1.82, 2.24) is 0 Å². The van der Waals surface area contributed by atoms with Gasteiger partial charge in [0, 0.05) is 24.8 Å². The van der Waals surface area contributed by atoms with E-state index < -0.39 is 24.4 Å². The van der Waals surface area contributed by atoms with Gasteiger partial charge in [-0.05, 0) is 60.4 Å². The number of ketones is 1. The molecular weight excluding hydrogens is 512 g/mol. The maximum atomic E-state index is 13.6. The summed E-state index contributed by atoms with van der Waals surface area (Å²) in [5.74, 6) is -0.0921. The third-order valence-electron chi connectivity index (χ3n) is 7.24. The van der Waals surface area contributed by atoms with Gasteiger partial charge in [-0.1, -0.05) is 95.0 Å². The zero-order chi connectivity index (χ0) is 28.0. The Kier molecular flexibility index (Phi) is 14.0. The first-order chi connectivity index (χ1) is 19.0. The van der Waals surface area contributed by atoms with Gasteiger partial charge in [-0.15, -0.1) is 0 Å². The maximum absolute atomic E-state index is 13.6. The molecule has 1 heterocycles. The fraction of sp³-hybridized carbons (Fsp3) is 0.606. The molecular formula is C33H47ClO5. The quantitative estimate of drug-likeness (QED) is 0.186. The average Bonchev–Trinajstić information content (AvgIpc) is 2.95. The minimum absolute atomic E-state index is 0.0921. The van der Waals surface area contributed by atoms with E-state index in [1.54, 1.807) is 0 Å². The summed E-state index contributed by atoms with van der Waals surface area (Å²) < 4.78 is 24.9. The molecule has 6 heteroatoms. The molecule has 1 aliphatic heterocycles. The Hall–Kier alpha value is -1.76. The van der Waals surface area contributed by atoms with Crippen molar-refractivity contribution in [3.63, 3.8) is 0 Å². The molecule has 4 unspecified atom stereocenters. The van der Waals surface area contributed by atoms with Crippen molar-refractivity contribution >= 4 is 17.4 Å². The van der Waals surface area contributed by atoms with Crippen molar-refractivity contribution in [2.24, 2.45) is 0 Å². The molecule has 1 saturated heterocycles. The first-order valence-electron chi connectivity index (χ1n) is 14.9. The van der Waals surface area contributed by atoms with Crippen LogP contribution in [0, 0.1) is 0 Å². The standard InChI is InChI=1S/C33H47ClO5/c1-5-9-18-36-23-29-30(35)32(37-19-10-6-2)33(38-20-11-7-3)31(39-29)26-16-17-28(34)27(22-26)21-25-14-12-24(8-4)13-15-25/h12-17,22,29,31-33H,5-11,18-21,23H2,1-4H3. The van der Waals surface area contributed by atoms with Gasteiger partial charge in [0.15, 0.2) is 5.78 Å². The number of rotatable bonds is 17. The largest absolute Gasteiger partial charge is 0.378 e. The van der Waals surface area contributed by atoms with Crippen LogP contribution in [0.3, 0.4) is 0 Å². The lowest BCUT2D eigenvalue weighted by molar-refractivity contribution is -0.209. The monoisotopic (exact) mass is 558 g/mol. The van der Waals surface area contributed by atoms with Crippen molar-refractivity contribution in [1.29, 1.82) is 0 Å². The number of aryl methyl sites for hydroxylation is 1. The molecule has 0 spiro atoms. The fourth-order valence-corrected chi connectivity index (χ4v) is 4.93. The Morgan fingerprint density at radius 3 is 2.13 bits per heavy atom. The number of halogens is 1. The van der Waals surface area contributed by atoms with Gasteiger partial charge in [-0.2, -0.15) is 0 Å². The van der Waals surface area contributed by atoms with E-state index in [0.717, 1.165) is 56.1 Å². The van der Waals surface area contributed by atoms with Crippen LogP contribution in [0.15, 0.2) is 42.5 Å². The van der Waals surface area contributed by atoms with Crippen molar-refractivity contribution in [2.45, 2.75) is 103 Å². The maximum Gasteiger partial charge on any atom is 0.195 e. The van der Waals surface area contributed by atoms with Crippen molar-refractivity contribution < 1.29 is 23.7 Å². The number of hydrogen-bond acceptors (Lipinski definition) is 5. The van der Waals surface area contributed by atoms with Gasteiger partial charge in [-0.3, -0.25) is 4.79 Å². The zero-order valence-corrected chi connectivity index (χ0v) is 25.0. The number of carbonyl (C=O) groups is 1. The topological polar surface area (TPSA) is 54.0 Å². The second kappa shape index (κ2) is 17.1. The van der Waals surface area contributed by atoms with Gasteiger partial charge in [0.25, 0.3) is 0 Å². The van der Waals surface area contributed by atoms with Crippen molar-refractivity contribution in [2.75, 3.05) is 26.4 Å². The SMILES string of the molecule is CCCCOCC1OC(c2ccc(Cl)c(Cc3ccc(CC)cc3)c2)C(OCCCC)C(OCCCC)C1=O. The van der Waals surface area contributed by atoms with Crippen LogP contribution in [0.25, 0.3) is 0 Å². The molecule has 0 aromatic heterocycles. The van der Waals surface area contributed by atoms with E-state index in [9.17, 15) is 4.79 Å². The van der Waals surface area contributed by atoms with Crippen LogP contribution in [-0.2, 0) is 36.6 Å². The summed E-state index contributed by atoms with van der Waals surface area (Å²) in [7, 11) is 0. The summed E-state index contributed by atoms with van der Waals surface area (Å²) in [6, 6.07) is 14.7. The van der Waals surface area contributed by atoms with Gasteiger partial charge in [0.1, 0.15) is 24.4 Å². The lowest BCUT2D eigenvalue weighted by atomic mass is 9.90. The lowest BCUT2D eigenvalue weighted by Crippen LogP contribution is -2.55. The van der Waals surface area contributed by atoms with Crippen molar-refractivity contribution in [3.8, 4) is 0 Å². The van der Waals surface area contributed by atoms with E-state index in [2.05, 4.69) is 58.0 Å². The lowest BCUT2D eigenvalue weighted by Gasteiger charge is -2.40. The highest BCUT2D eigenvalue weighted by Gasteiger charge is 2.47. The van der Waals surface area contributed by atoms with Crippen molar-refractivity contribution in [3.05, 3.63) is 69.7 Å². The van der Waals surface area contributed by atoms with Gasteiger partial charge in [0.2, 0.25) is 0 Å². The van der Waals surface area contributed by atoms with Gasteiger partial charge in [-0.25, -0.2) is 0 Å². The number of Topliss-reactive ketones (excluding diaryl/α,β-unsaturated/α-hetero) is 1. The van der Waals surface area contributed by atoms with Crippen LogP contribution in [0.4, 0.5) is 0 Å². The predicted octanol–water partition coefficient (Wildman–Crippen LogP) is 7.69. The Labute approximate surface area is 240 Å². The smallest absolute Gasteiger partial charge is 0.195 e. The minimum Gasteiger partial charge on any atom is -0.378 e. The second-order valence-corrected chi connectivity index (χ2v) is 10.8. The summed E-state index contributed by atoms with van der Waals surface area (Å²) in [4.78, 5) is 13.6. The van der Waals surface area contributed by atoms with Gasteiger partial charge in [0.05, 0.1) is 6.61 Å². The molecule has 1 fully saturated rings. The summed E-state index contributed by atoms with van der Waals surface area (Å²) >= 11 is 6.67. The van der Waals surface area contributed by atoms with Crippen LogP contribution in [-0.4, -0.2) is 50.5 Å².